The molecule has 0 bridgehead atoms. The SMILES string of the molecule is CCC(Oc1ccc(C)c(C)c1)C(=O)Nc1sc2c(c1C(=O)NCc1ccccc1)CCCCC2. The number of thiophene rings is 1. The van der Waals surface area contributed by atoms with Gasteiger partial charge in [-0.25, -0.2) is 0 Å². The van der Waals surface area contributed by atoms with Gasteiger partial charge in [0.15, 0.2) is 6.10 Å². The van der Waals surface area contributed by atoms with E-state index < -0.39 is 6.10 Å². The van der Waals surface area contributed by atoms with Crippen LogP contribution in [0.5, 0.6) is 5.75 Å². The Kier molecular flexibility index (Phi) is 8.24. The van der Waals surface area contributed by atoms with Crippen LogP contribution in [0, 0.1) is 13.8 Å². The molecule has 6 heteroatoms. The molecule has 2 amide bonds. The second-order valence-electron chi connectivity index (χ2n) is 9.19. The van der Waals surface area contributed by atoms with Crippen LogP contribution in [0.2, 0.25) is 0 Å². The molecule has 4 rings (SSSR count). The molecule has 1 aliphatic carbocycles. The normalized spacial score (nSPS) is 13.9. The van der Waals surface area contributed by atoms with Crippen LogP contribution in [0.25, 0.3) is 0 Å². The average Bonchev–Trinajstić information content (AvgIpc) is 3.03. The number of hydrogen-bond acceptors (Lipinski definition) is 4. The summed E-state index contributed by atoms with van der Waals surface area (Å²) < 4.78 is 6.05. The zero-order chi connectivity index (χ0) is 24.8. The van der Waals surface area contributed by atoms with Gasteiger partial charge in [0, 0.05) is 11.4 Å². The minimum Gasteiger partial charge on any atom is -0.481 e. The van der Waals surface area contributed by atoms with E-state index in [1.54, 1.807) is 11.3 Å². The molecule has 0 fully saturated rings. The number of benzene rings is 2. The number of hydrogen-bond donors (Lipinski definition) is 2. The summed E-state index contributed by atoms with van der Waals surface area (Å²) in [4.78, 5) is 27.9. The molecule has 0 saturated carbocycles. The van der Waals surface area contributed by atoms with Gasteiger partial charge in [0.1, 0.15) is 10.8 Å². The molecule has 0 radical (unpaired) electrons. The first kappa shape index (κ1) is 25.0. The number of aryl methyl sites for hydroxylation is 3. The van der Waals surface area contributed by atoms with Crippen molar-refractivity contribution < 1.29 is 14.3 Å². The van der Waals surface area contributed by atoms with Gasteiger partial charge < -0.3 is 15.4 Å². The Morgan fingerprint density at radius 3 is 2.51 bits per heavy atom. The van der Waals surface area contributed by atoms with Gasteiger partial charge in [0.25, 0.3) is 11.8 Å². The van der Waals surface area contributed by atoms with Gasteiger partial charge in [0.2, 0.25) is 0 Å². The van der Waals surface area contributed by atoms with E-state index in [0.29, 0.717) is 29.3 Å². The first-order chi connectivity index (χ1) is 17.0. The fourth-order valence-corrected chi connectivity index (χ4v) is 5.69. The third kappa shape index (κ3) is 6.12. The molecule has 0 spiro atoms. The molecule has 35 heavy (non-hydrogen) atoms. The predicted octanol–water partition coefficient (Wildman–Crippen LogP) is 6.36. The van der Waals surface area contributed by atoms with Crippen LogP contribution in [0.3, 0.4) is 0 Å². The van der Waals surface area contributed by atoms with Gasteiger partial charge in [-0.3, -0.25) is 9.59 Å². The zero-order valence-corrected chi connectivity index (χ0v) is 21.6. The molecule has 0 saturated heterocycles. The first-order valence-corrected chi connectivity index (χ1v) is 13.3. The number of amides is 2. The maximum atomic E-state index is 13.4. The molecule has 1 aliphatic rings. The highest BCUT2D eigenvalue weighted by atomic mass is 32.1. The lowest BCUT2D eigenvalue weighted by atomic mass is 10.0. The standard InChI is InChI=1S/C29H34N2O3S/c1-4-24(34-22-16-15-19(2)20(3)17-22)27(32)31-29-26(23-13-9-6-10-14-25(23)35-29)28(33)30-18-21-11-7-5-8-12-21/h5,7-8,11-12,15-17,24H,4,6,9-10,13-14,18H2,1-3H3,(H,30,33)(H,31,32). The Morgan fingerprint density at radius 2 is 1.77 bits per heavy atom. The van der Waals surface area contributed by atoms with Crippen molar-refractivity contribution in [3.63, 3.8) is 0 Å². The predicted molar refractivity (Wildman–Crippen MR) is 142 cm³/mol. The number of rotatable bonds is 8. The van der Waals surface area contributed by atoms with Crippen LogP contribution in [0.1, 0.15) is 70.1 Å². The van der Waals surface area contributed by atoms with E-state index in [2.05, 4.69) is 10.6 Å². The van der Waals surface area contributed by atoms with Crippen molar-refractivity contribution in [1.82, 2.24) is 5.32 Å². The molecular weight excluding hydrogens is 456 g/mol. The average molecular weight is 491 g/mol. The lowest BCUT2D eigenvalue weighted by Crippen LogP contribution is -2.33. The van der Waals surface area contributed by atoms with E-state index in [1.165, 1.54) is 10.4 Å². The quantitative estimate of drug-likeness (QED) is 0.361. The van der Waals surface area contributed by atoms with E-state index in [4.69, 9.17) is 4.74 Å². The largest absolute Gasteiger partial charge is 0.481 e. The van der Waals surface area contributed by atoms with Gasteiger partial charge in [-0.05, 0) is 80.3 Å². The molecule has 1 heterocycles. The Balaban J connectivity index is 1.55. The fraction of sp³-hybridized carbons (Fsp3) is 0.379. The fourth-order valence-electron chi connectivity index (χ4n) is 4.40. The maximum Gasteiger partial charge on any atom is 0.266 e. The summed E-state index contributed by atoms with van der Waals surface area (Å²) in [6.45, 7) is 6.46. The molecule has 2 N–H and O–H groups in total. The second-order valence-corrected chi connectivity index (χ2v) is 10.3. The number of carbonyl (C=O) groups is 2. The minimum absolute atomic E-state index is 0.133. The van der Waals surface area contributed by atoms with E-state index >= 15 is 0 Å². The van der Waals surface area contributed by atoms with Gasteiger partial charge >= 0.3 is 0 Å². The number of anilines is 1. The van der Waals surface area contributed by atoms with Crippen LogP contribution >= 0.6 is 11.3 Å². The molecule has 1 atom stereocenters. The van der Waals surface area contributed by atoms with Crippen LogP contribution in [-0.2, 0) is 24.2 Å². The van der Waals surface area contributed by atoms with Crippen LogP contribution in [0.4, 0.5) is 5.00 Å². The summed E-state index contributed by atoms with van der Waals surface area (Å²) in [6.07, 6.45) is 5.04. The summed E-state index contributed by atoms with van der Waals surface area (Å²) in [6, 6.07) is 15.7. The van der Waals surface area contributed by atoms with E-state index in [1.807, 2.05) is 69.3 Å². The van der Waals surface area contributed by atoms with Gasteiger partial charge in [-0.2, -0.15) is 0 Å². The summed E-state index contributed by atoms with van der Waals surface area (Å²) in [5, 5.41) is 6.76. The van der Waals surface area contributed by atoms with Crippen molar-refractivity contribution in [1.29, 1.82) is 0 Å². The lowest BCUT2D eigenvalue weighted by Gasteiger charge is -2.18. The number of carbonyl (C=O) groups excluding carboxylic acids is 2. The monoisotopic (exact) mass is 490 g/mol. The molecule has 0 aliphatic heterocycles. The Bertz CT molecular complexity index is 1190. The highest BCUT2D eigenvalue weighted by Crippen LogP contribution is 2.38. The van der Waals surface area contributed by atoms with Crippen molar-refractivity contribution in [2.75, 3.05) is 5.32 Å². The number of nitrogens with one attached hydrogen (secondary N) is 2. The Morgan fingerprint density at radius 1 is 1.00 bits per heavy atom. The number of fused-ring (bicyclic) bond motifs is 1. The van der Waals surface area contributed by atoms with Gasteiger partial charge in [0.05, 0.1) is 5.56 Å². The topological polar surface area (TPSA) is 67.4 Å². The van der Waals surface area contributed by atoms with Gasteiger partial charge in [-0.1, -0.05) is 49.7 Å². The third-order valence-corrected chi connectivity index (χ3v) is 7.81. The first-order valence-electron chi connectivity index (χ1n) is 12.5. The molecule has 2 aromatic carbocycles. The Labute approximate surface area is 211 Å². The highest BCUT2D eigenvalue weighted by Gasteiger charge is 2.28. The maximum absolute atomic E-state index is 13.4. The summed E-state index contributed by atoms with van der Waals surface area (Å²) >= 11 is 1.54. The minimum atomic E-state index is -0.640. The van der Waals surface area contributed by atoms with Crippen LogP contribution in [-0.4, -0.2) is 17.9 Å². The van der Waals surface area contributed by atoms with Crippen molar-refractivity contribution >= 4 is 28.2 Å². The lowest BCUT2D eigenvalue weighted by molar-refractivity contribution is -0.122. The Hall–Kier alpha value is -3.12. The molecule has 3 aromatic rings. The molecule has 5 nitrogen and oxygen atoms in total. The smallest absolute Gasteiger partial charge is 0.266 e. The van der Waals surface area contributed by atoms with E-state index in [-0.39, 0.29) is 11.8 Å². The molecule has 1 aromatic heterocycles. The highest BCUT2D eigenvalue weighted by molar-refractivity contribution is 7.17. The van der Waals surface area contributed by atoms with E-state index in [0.717, 1.165) is 48.8 Å². The van der Waals surface area contributed by atoms with Crippen molar-refractivity contribution in [2.45, 2.75) is 71.9 Å². The third-order valence-electron chi connectivity index (χ3n) is 6.60. The summed E-state index contributed by atoms with van der Waals surface area (Å²) in [5.41, 5.74) is 5.06. The zero-order valence-electron chi connectivity index (χ0n) is 20.8. The molecule has 184 valence electrons. The van der Waals surface area contributed by atoms with Crippen LogP contribution in [0.15, 0.2) is 48.5 Å². The molecule has 1 unspecified atom stereocenters. The summed E-state index contributed by atoms with van der Waals surface area (Å²) in [7, 11) is 0. The van der Waals surface area contributed by atoms with Crippen molar-refractivity contribution in [3.8, 4) is 5.75 Å². The number of ether oxygens (including phenoxy) is 1. The molecular formula is C29H34N2O3S. The summed E-state index contributed by atoms with van der Waals surface area (Å²) in [5.74, 6) is 0.323. The van der Waals surface area contributed by atoms with Crippen LogP contribution < -0.4 is 15.4 Å². The second kappa shape index (κ2) is 11.5. The van der Waals surface area contributed by atoms with Crippen molar-refractivity contribution in [2.24, 2.45) is 0 Å². The van der Waals surface area contributed by atoms with E-state index in [9.17, 15) is 9.59 Å². The van der Waals surface area contributed by atoms with Crippen molar-refractivity contribution in [3.05, 3.63) is 81.2 Å². The van der Waals surface area contributed by atoms with Gasteiger partial charge in [-0.15, -0.1) is 11.3 Å².